The van der Waals surface area contributed by atoms with Gasteiger partial charge >= 0.3 is 0 Å². The average molecular weight is 221 g/mol. The van der Waals surface area contributed by atoms with Crippen molar-refractivity contribution in [2.75, 3.05) is 7.11 Å². The third-order valence-corrected chi connectivity index (χ3v) is 3.23. The molecule has 88 valence electrons. The van der Waals surface area contributed by atoms with Gasteiger partial charge in [0, 0.05) is 25.1 Å². The summed E-state index contributed by atoms with van der Waals surface area (Å²) in [5, 5.41) is 0. The van der Waals surface area contributed by atoms with Crippen LogP contribution in [0.15, 0.2) is 18.5 Å². The quantitative estimate of drug-likeness (QED) is 0.718. The third-order valence-electron chi connectivity index (χ3n) is 3.23. The van der Waals surface area contributed by atoms with E-state index in [0.29, 0.717) is 18.4 Å². The number of hydrogen-bond donors (Lipinski definition) is 0. The van der Waals surface area contributed by atoms with Crippen LogP contribution < -0.4 is 0 Å². The second-order valence-corrected chi connectivity index (χ2v) is 3.93. The van der Waals surface area contributed by atoms with Crippen molar-refractivity contribution in [3.8, 4) is 0 Å². The summed E-state index contributed by atoms with van der Waals surface area (Å²) < 4.78 is 5.43. The number of nitrogens with zero attached hydrogens (tertiary/aromatic N) is 1. The summed E-state index contributed by atoms with van der Waals surface area (Å²) in [5.41, 5.74) is 0.907. The lowest BCUT2D eigenvalue weighted by atomic mass is 9.87. The van der Waals surface area contributed by atoms with Crippen molar-refractivity contribution < 1.29 is 9.53 Å². The first-order valence-corrected chi connectivity index (χ1v) is 5.61. The number of ketones is 1. The van der Waals surface area contributed by atoms with Gasteiger partial charge in [-0.05, 0) is 31.4 Å². The van der Waals surface area contributed by atoms with Crippen LogP contribution in [-0.2, 0) is 4.74 Å². The summed E-state index contributed by atoms with van der Waals surface area (Å²) >= 11 is 0. The molecule has 1 aromatic heterocycles. The highest BCUT2D eigenvalue weighted by atomic mass is 16.5. The zero-order chi connectivity index (χ0) is 12.2. The number of methoxy groups -OCH3 is 1. The molecule has 0 aliphatic heterocycles. The first kappa shape index (κ1) is 12.8. The van der Waals surface area contributed by atoms with E-state index in [4.69, 9.17) is 4.74 Å². The molecule has 0 amide bonds. The number of carbonyl (C=O) groups is 1. The Morgan fingerprint density at radius 2 is 2.06 bits per heavy atom. The summed E-state index contributed by atoms with van der Waals surface area (Å²) in [6, 6.07) is 1.85. The number of Topliss-reactive ketones (excluding diaryl/α,β-unsaturated/α-hetero) is 1. The Labute approximate surface area is 96.8 Å². The lowest BCUT2D eigenvalue weighted by molar-refractivity contribution is -0.00269. The van der Waals surface area contributed by atoms with E-state index >= 15 is 0 Å². The second kappa shape index (κ2) is 5.21. The predicted octanol–water partition coefficient (Wildman–Crippen LogP) is 2.78. The maximum absolute atomic E-state index is 12.4. The molecular weight excluding hydrogens is 202 g/mol. The normalized spacial score (nSPS) is 11.5. The molecule has 1 aromatic rings. The van der Waals surface area contributed by atoms with Gasteiger partial charge in [-0.15, -0.1) is 0 Å². The summed E-state index contributed by atoms with van der Waals surface area (Å²) in [6.07, 6.45) is 4.66. The van der Waals surface area contributed by atoms with E-state index in [1.54, 1.807) is 19.5 Å². The topological polar surface area (TPSA) is 39.2 Å². The fourth-order valence-corrected chi connectivity index (χ4v) is 1.90. The molecule has 3 heteroatoms. The van der Waals surface area contributed by atoms with E-state index in [2.05, 4.69) is 4.98 Å². The number of pyridine rings is 1. The molecule has 16 heavy (non-hydrogen) atoms. The van der Waals surface area contributed by atoms with E-state index in [0.717, 1.165) is 5.56 Å². The van der Waals surface area contributed by atoms with Crippen molar-refractivity contribution in [3.05, 3.63) is 29.6 Å². The van der Waals surface area contributed by atoms with E-state index in [-0.39, 0.29) is 5.78 Å². The van der Waals surface area contributed by atoms with Crippen LogP contribution in [0.25, 0.3) is 0 Å². The van der Waals surface area contributed by atoms with Crippen LogP contribution in [0.5, 0.6) is 0 Å². The smallest absolute Gasteiger partial charge is 0.196 e. The van der Waals surface area contributed by atoms with Crippen LogP contribution in [0, 0.1) is 6.92 Å². The minimum atomic E-state index is -0.701. The molecule has 1 heterocycles. The van der Waals surface area contributed by atoms with Crippen LogP contribution in [-0.4, -0.2) is 23.5 Å². The number of ether oxygens (including phenoxy) is 1. The number of aromatic nitrogens is 1. The molecule has 0 aliphatic carbocycles. The number of rotatable bonds is 5. The van der Waals surface area contributed by atoms with Crippen molar-refractivity contribution >= 4 is 5.78 Å². The monoisotopic (exact) mass is 221 g/mol. The van der Waals surface area contributed by atoms with Crippen LogP contribution >= 0.6 is 0 Å². The highest BCUT2D eigenvalue weighted by Gasteiger charge is 2.36. The zero-order valence-corrected chi connectivity index (χ0v) is 10.4. The molecule has 0 saturated heterocycles. The van der Waals surface area contributed by atoms with E-state index in [1.807, 2.05) is 26.8 Å². The summed E-state index contributed by atoms with van der Waals surface area (Å²) in [4.78, 5) is 16.4. The molecule has 0 saturated carbocycles. The molecule has 0 atom stereocenters. The van der Waals surface area contributed by atoms with Crippen molar-refractivity contribution in [2.45, 2.75) is 39.2 Å². The van der Waals surface area contributed by atoms with Gasteiger partial charge in [0.15, 0.2) is 5.78 Å². The maximum Gasteiger partial charge on any atom is 0.196 e. The molecule has 0 bridgehead atoms. The molecule has 1 rings (SSSR count). The van der Waals surface area contributed by atoms with Crippen LogP contribution in [0.3, 0.4) is 0 Å². The fourth-order valence-electron chi connectivity index (χ4n) is 1.90. The Hall–Kier alpha value is -1.22. The Kier molecular flexibility index (Phi) is 4.19. The van der Waals surface area contributed by atoms with Crippen molar-refractivity contribution in [1.82, 2.24) is 4.98 Å². The van der Waals surface area contributed by atoms with Gasteiger partial charge < -0.3 is 4.74 Å². The summed E-state index contributed by atoms with van der Waals surface area (Å²) in [7, 11) is 1.59. The Morgan fingerprint density at radius 3 is 2.50 bits per heavy atom. The van der Waals surface area contributed by atoms with Crippen molar-refractivity contribution in [2.24, 2.45) is 0 Å². The summed E-state index contributed by atoms with van der Waals surface area (Å²) in [6.45, 7) is 5.86. The Bertz CT molecular complexity index is 362. The number of aryl methyl sites for hydroxylation is 1. The van der Waals surface area contributed by atoms with Gasteiger partial charge in [0.05, 0.1) is 0 Å². The Balaban J connectivity index is 3.14. The number of carbonyl (C=O) groups excluding carboxylic acids is 1. The molecule has 0 aliphatic rings. The van der Waals surface area contributed by atoms with Crippen LogP contribution in [0.2, 0.25) is 0 Å². The van der Waals surface area contributed by atoms with E-state index in [9.17, 15) is 4.79 Å². The van der Waals surface area contributed by atoms with Gasteiger partial charge in [-0.3, -0.25) is 9.78 Å². The third kappa shape index (κ3) is 2.14. The largest absolute Gasteiger partial charge is 0.370 e. The molecule has 0 aromatic carbocycles. The molecule has 0 unspecified atom stereocenters. The number of hydrogen-bond acceptors (Lipinski definition) is 3. The lowest BCUT2D eigenvalue weighted by Gasteiger charge is -2.28. The predicted molar refractivity (Wildman–Crippen MR) is 63.6 cm³/mol. The van der Waals surface area contributed by atoms with Gasteiger partial charge in [0.1, 0.15) is 5.60 Å². The molecule has 3 nitrogen and oxygen atoms in total. The fraction of sp³-hybridized carbons (Fsp3) is 0.538. The average Bonchev–Trinajstić information content (AvgIpc) is 2.32. The second-order valence-electron chi connectivity index (χ2n) is 3.93. The van der Waals surface area contributed by atoms with Gasteiger partial charge in [-0.25, -0.2) is 0 Å². The molecule has 0 radical (unpaired) electrons. The van der Waals surface area contributed by atoms with E-state index < -0.39 is 5.60 Å². The first-order chi connectivity index (χ1) is 7.61. The van der Waals surface area contributed by atoms with Crippen LogP contribution in [0.4, 0.5) is 0 Å². The van der Waals surface area contributed by atoms with Gasteiger partial charge in [0.2, 0.25) is 0 Å². The zero-order valence-electron chi connectivity index (χ0n) is 10.4. The molecule has 0 spiro atoms. The standard InChI is InChI=1S/C13H19NO2/c1-5-13(6-2,16-4)12(15)11-9-14-8-7-10(11)3/h7-9H,5-6H2,1-4H3. The van der Waals surface area contributed by atoms with Crippen molar-refractivity contribution in [1.29, 1.82) is 0 Å². The van der Waals surface area contributed by atoms with Crippen LogP contribution in [0.1, 0.15) is 42.6 Å². The lowest BCUT2D eigenvalue weighted by Crippen LogP contribution is -2.40. The minimum absolute atomic E-state index is 0.0330. The molecule has 0 N–H and O–H groups in total. The SMILES string of the molecule is CCC(CC)(OC)C(=O)c1cnccc1C. The minimum Gasteiger partial charge on any atom is -0.370 e. The van der Waals surface area contributed by atoms with Gasteiger partial charge in [-0.1, -0.05) is 13.8 Å². The van der Waals surface area contributed by atoms with Crippen molar-refractivity contribution in [3.63, 3.8) is 0 Å². The highest BCUT2D eigenvalue weighted by Crippen LogP contribution is 2.25. The molecular formula is C13H19NO2. The van der Waals surface area contributed by atoms with Gasteiger partial charge in [-0.2, -0.15) is 0 Å². The van der Waals surface area contributed by atoms with Gasteiger partial charge in [0.25, 0.3) is 0 Å². The Morgan fingerprint density at radius 1 is 1.44 bits per heavy atom. The van der Waals surface area contributed by atoms with E-state index in [1.165, 1.54) is 0 Å². The molecule has 0 fully saturated rings. The highest BCUT2D eigenvalue weighted by molar-refractivity contribution is 6.03. The summed E-state index contributed by atoms with van der Waals surface area (Å²) in [5.74, 6) is 0.0330. The first-order valence-electron chi connectivity index (χ1n) is 5.61. The maximum atomic E-state index is 12.4.